The third-order valence-electron chi connectivity index (χ3n) is 15.7. The van der Waals surface area contributed by atoms with Gasteiger partial charge in [0.25, 0.3) is 0 Å². The fraction of sp³-hybridized carbons (Fsp3) is 0.800. The summed E-state index contributed by atoms with van der Waals surface area (Å²) in [5.74, 6) is -0.873. The van der Waals surface area contributed by atoms with E-state index in [0.717, 1.165) is 96.3 Å². The Hall–Kier alpha value is -3.15. The smallest absolute Gasteiger partial charge is 0.306 e. The molecule has 0 saturated carbocycles. The van der Waals surface area contributed by atoms with E-state index in [4.69, 9.17) is 14.2 Å². The minimum absolute atomic E-state index is 0.0784. The van der Waals surface area contributed by atoms with Crippen LogP contribution in [0.2, 0.25) is 0 Å². The van der Waals surface area contributed by atoms with Gasteiger partial charge in [0.15, 0.2) is 6.10 Å². The van der Waals surface area contributed by atoms with Crippen LogP contribution >= 0.6 is 0 Å². The number of hydrogen-bond donors (Lipinski definition) is 0. The molecule has 81 heavy (non-hydrogen) atoms. The number of ether oxygens (including phenoxy) is 3. The van der Waals surface area contributed by atoms with Crippen molar-refractivity contribution < 1.29 is 28.6 Å². The molecule has 1 atom stereocenters. The molecule has 0 radical (unpaired) electrons. The van der Waals surface area contributed by atoms with Gasteiger partial charge in [-0.25, -0.2) is 0 Å². The van der Waals surface area contributed by atoms with Crippen molar-refractivity contribution in [3.05, 3.63) is 72.9 Å². The van der Waals surface area contributed by atoms with Gasteiger partial charge in [0.05, 0.1) is 0 Å². The van der Waals surface area contributed by atoms with Gasteiger partial charge in [0, 0.05) is 19.3 Å². The van der Waals surface area contributed by atoms with Crippen molar-refractivity contribution in [2.75, 3.05) is 13.2 Å². The average molecular weight is 1130 g/mol. The van der Waals surface area contributed by atoms with Crippen molar-refractivity contribution >= 4 is 17.9 Å². The third kappa shape index (κ3) is 67.5. The number of unbranched alkanes of at least 4 members (excludes halogenated alkanes) is 42. The first-order chi connectivity index (χ1) is 40.0. The van der Waals surface area contributed by atoms with Crippen molar-refractivity contribution in [1.29, 1.82) is 0 Å². The van der Waals surface area contributed by atoms with E-state index >= 15 is 0 Å². The highest BCUT2D eigenvalue weighted by Crippen LogP contribution is 2.18. The molecule has 6 heteroatoms. The van der Waals surface area contributed by atoms with Crippen molar-refractivity contribution in [2.45, 2.75) is 374 Å². The van der Waals surface area contributed by atoms with Gasteiger partial charge in [0.1, 0.15) is 13.2 Å². The van der Waals surface area contributed by atoms with Crippen LogP contribution in [0.1, 0.15) is 367 Å². The highest BCUT2D eigenvalue weighted by Gasteiger charge is 2.19. The number of carbonyl (C=O) groups excluding carboxylic acids is 3. The molecule has 0 aromatic rings. The highest BCUT2D eigenvalue weighted by atomic mass is 16.6. The van der Waals surface area contributed by atoms with Crippen LogP contribution in [-0.4, -0.2) is 37.2 Å². The van der Waals surface area contributed by atoms with E-state index in [0.29, 0.717) is 19.3 Å². The molecule has 0 aromatic carbocycles. The Balaban J connectivity index is 4.36. The van der Waals surface area contributed by atoms with E-state index in [9.17, 15) is 14.4 Å². The topological polar surface area (TPSA) is 78.9 Å². The molecule has 0 fully saturated rings. The SMILES string of the molecule is CCCCC/C=C\C/C=C\C/C=C\CCCCCCCCC(=O)OC(COC(=O)CCCCCCCCCCCC/C=C\C/C=C\C/C=C\CCCCCCC)COC(=O)CCCCCCCCCCCCCCCCCCCCC. The number of carbonyl (C=O) groups is 3. The Morgan fingerprint density at radius 3 is 0.716 bits per heavy atom. The van der Waals surface area contributed by atoms with Gasteiger partial charge in [-0.05, 0) is 96.3 Å². The van der Waals surface area contributed by atoms with Gasteiger partial charge < -0.3 is 14.2 Å². The molecule has 0 aliphatic carbocycles. The van der Waals surface area contributed by atoms with Gasteiger partial charge in [-0.2, -0.15) is 0 Å². The average Bonchev–Trinajstić information content (AvgIpc) is 3.47. The summed E-state index contributed by atoms with van der Waals surface area (Å²) >= 11 is 0. The van der Waals surface area contributed by atoms with Gasteiger partial charge >= 0.3 is 17.9 Å². The van der Waals surface area contributed by atoms with Crippen molar-refractivity contribution in [1.82, 2.24) is 0 Å². The molecule has 0 rings (SSSR count). The Labute approximate surface area is 503 Å². The Morgan fingerprint density at radius 1 is 0.247 bits per heavy atom. The van der Waals surface area contributed by atoms with Crippen LogP contribution in [0.4, 0.5) is 0 Å². The first kappa shape index (κ1) is 77.9. The van der Waals surface area contributed by atoms with Crippen molar-refractivity contribution in [3.63, 3.8) is 0 Å². The second-order valence-electron chi connectivity index (χ2n) is 23.8. The molecular formula is C75H134O6. The first-order valence-electron chi connectivity index (χ1n) is 35.4. The van der Waals surface area contributed by atoms with Crippen LogP contribution < -0.4 is 0 Å². The van der Waals surface area contributed by atoms with Crippen molar-refractivity contribution in [2.24, 2.45) is 0 Å². The molecule has 0 aromatic heterocycles. The normalized spacial score (nSPS) is 12.5. The lowest BCUT2D eigenvalue weighted by Gasteiger charge is -2.18. The Bertz CT molecular complexity index is 1490. The molecule has 0 spiro atoms. The van der Waals surface area contributed by atoms with Crippen LogP contribution in [0, 0.1) is 0 Å². The quantitative estimate of drug-likeness (QED) is 0.0261. The van der Waals surface area contributed by atoms with Crippen LogP contribution in [0.15, 0.2) is 72.9 Å². The molecule has 6 nitrogen and oxygen atoms in total. The maximum Gasteiger partial charge on any atom is 0.306 e. The van der Waals surface area contributed by atoms with Crippen molar-refractivity contribution in [3.8, 4) is 0 Å². The highest BCUT2D eigenvalue weighted by molar-refractivity contribution is 5.71. The second kappa shape index (κ2) is 69.3. The van der Waals surface area contributed by atoms with Crippen LogP contribution in [0.3, 0.4) is 0 Å². The van der Waals surface area contributed by atoms with E-state index in [1.54, 1.807) is 0 Å². The minimum atomic E-state index is -0.785. The zero-order valence-corrected chi connectivity index (χ0v) is 54.1. The molecule has 0 aliphatic heterocycles. The maximum absolute atomic E-state index is 13.0. The van der Waals surface area contributed by atoms with E-state index in [2.05, 4.69) is 93.7 Å². The summed E-state index contributed by atoms with van der Waals surface area (Å²) in [7, 11) is 0. The van der Waals surface area contributed by atoms with Gasteiger partial charge in [-0.1, -0.05) is 325 Å². The molecule has 470 valence electrons. The Morgan fingerprint density at radius 2 is 0.444 bits per heavy atom. The molecule has 0 heterocycles. The lowest BCUT2D eigenvalue weighted by Crippen LogP contribution is -2.30. The second-order valence-corrected chi connectivity index (χ2v) is 23.8. The monoisotopic (exact) mass is 1130 g/mol. The molecule has 0 aliphatic rings. The molecule has 0 saturated heterocycles. The van der Waals surface area contributed by atoms with E-state index in [1.807, 2.05) is 0 Å². The van der Waals surface area contributed by atoms with Gasteiger partial charge in [-0.3, -0.25) is 14.4 Å². The Kier molecular flexibility index (Phi) is 66.6. The summed E-state index contributed by atoms with van der Waals surface area (Å²) in [6, 6.07) is 0. The van der Waals surface area contributed by atoms with Crippen LogP contribution in [0.5, 0.6) is 0 Å². The molecule has 0 N–H and O–H groups in total. The summed E-state index contributed by atoms with van der Waals surface area (Å²) in [5.41, 5.74) is 0. The zero-order chi connectivity index (χ0) is 58.5. The number of rotatable bonds is 65. The molecule has 0 bridgehead atoms. The van der Waals surface area contributed by atoms with Crippen LogP contribution in [-0.2, 0) is 28.6 Å². The predicted molar refractivity (Wildman–Crippen MR) is 353 cm³/mol. The largest absolute Gasteiger partial charge is 0.462 e. The van der Waals surface area contributed by atoms with E-state index < -0.39 is 6.10 Å². The van der Waals surface area contributed by atoms with E-state index in [1.165, 1.54) is 231 Å². The van der Waals surface area contributed by atoms with E-state index in [-0.39, 0.29) is 31.1 Å². The standard InChI is InChI=1S/C75H134O6/c1-4-7-10-13-16-19-22-25-28-31-34-35-36-37-38-39-42-44-47-50-53-56-59-62-65-68-74(77)80-71-72(81-75(78)69-66-63-60-57-54-51-48-45-41-33-30-27-24-21-18-15-12-9-6-3)70-79-73(76)67-64-61-58-55-52-49-46-43-40-32-29-26-23-20-17-14-11-8-5-2/h18,21-22,25,27,30-31,34,36-37,41,45,72H,4-17,19-20,23-24,26,28-29,32-33,35,38-40,42-44,46-71H2,1-3H3/b21-18-,25-22-,30-27-,34-31-,37-36-,45-41-. The third-order valence-corrected chi connectivity index (χ3v) is 15.7. The maximum atomic E-state index is 13.0. The van der Waals surface area contributed by atoms with Crippen LogP contribution in [0.25, 0.3) is 0 Å². The zero-order valence-electron chi connectivity index (χ0n) is 54.1. The minimum Gasteiger partial charge on any atom is -0.462 e. The first-order valence-corrected chi connectivity index (χ1v) is 35.4. The lowest BCUT2D eigenvalue weighted by atomic mass is 10.0. The summed E-state index contributed by atoms with van der Waals surface area (Å²) in [4.78, 5) is 38.5. The summed E-state index contributed by atoms with van der Waals surface area (Å²) in [6.07, 6.45) is 90.6. The fourth-order valence-corrected chi connectivity index (χ4v) is 10.3. The predicted octanol–water partition coefficient (Wildman–Crippen LogP) is 24.4. The lowest BCUT2D eigenvalue weighted by molar-refractivity contribution is -0.167. The molecule has 1 unspecified atom stereocenters. The van der Waals surface area contributed by atoms with Gasteiger partial charge in [0.2, 0.25) is 0 Å². The molecular weight excluding hydrogens is 997 g/mol. The summed E-state index contributed by atoms with van der Waals surface area (Å²) < 4.78 is 17.0. The summed E-state index contributed by atoms with van der Waals surface area (Å²) in [5, 5.41) is 0. The molecule has 0 amide bonds. The fourth-order valence-electron chi connectivity index (χ4n) is 10.3. The summed E-state index contributed by atoms with van der Waals surface area (Å²) in [6.45, 7) is 6.65. The number of esters is 3. The van der Waals surface area contributed by atoms with Gasteiger partial charge in [-0.15, -0.1) is 0 Å². The number of hydrogen-bond acceptors (Lipinski definition) is 6. The number of allylic oxidation sites excluding steroid dienone is 12.